The third kappa shape index (κ3) is 5.08. The predicted octanol–water partition coefficient (Wildman–Crippen LogP) is 11.7. The quantitative estimate of drug-likeness (QED) is 0.131. The van der Waals surface area contributed by atoms with E-state index in [-0.39, 0.29) is 0 Å². The lowest BCUT2D eigenvalue weighted by Crippen LogP contribution is -2.37. The van der Waals surface area contributed by atoms with Crippen molar-refractivity contribution in [2.45, 2.75) is 39.3 Å². The molecule has 0 radical (unpaired) electrons. The molecule has 54 heavy (non-hydrogen) atoms. The molecule has 0 aliphatic carbocycles. The average molecular weight is 731 g/mol. The van der Waals surface area contributed by atoms with Crippen LogP contribution in [-0.2, 0) is 0 Å². The van der Waals surface area contributed by atoms with Crippen LogP contribution in [0.25, 0.3) is 88.4 Å². The number of benzene rings is 6. The second-order valence-corrected chi connectivity index (χ2v) is 26.9. The van der Waals surface area contributed by atoms with E-state index in [2.05, 4.69) is 194 Å². The number of para-hydroxylation sites is 2. The highest BCUT2D eigenvalue weighted by molar-refractivity contribution is 6.89. The second-order valence-electron chi connectivity index (χ2n) is 16.8. The smallest absolute Gasteiger partial charge is 0.235 e. The highest BCUT2D eigenvalue weighted by atomic mass is 28.3. The van der Waals surface area contributed by atoms with Crippen LogP contribution in [0.2, 0.25) is 39.3 Å². The molecule has 0 saturated carbocycles. The van der Waals surface area contributed by atoms with Crippen LogP contribution in [-0.4, -0.2) is 35.1 Å². The van der Waals surface area contributed by atoms with E-state index in [1.807, 2.05) is 0 Å². The maximum atomic E-state index is 5.40. The number of rotatable bonds is 5. The van der Waals surface area contributed by atoms with Gasteiger partial charge in [0.2, 0.25) is 5.95 Å². The minimum Gasteiger partial charge on any atom is -0.308 e. The van der Waals surface area contributed by atoms with Crippen LogP contribution in [0.1, 0.15) is 0 Å². The van der Waals surface area contributed by atoms with Crippen molar-refractivity contribution in [3.63, 3.8) is 0 Å². The SMILES string of the molecule is C[Si](C)(C)c1ccc(-c2cc(-c3ccc([Si](C)(C)C)cc3)nc(-n3c4ccccc4c4c3ccc3cc5c6ccccc6c6ccccc6n5c34)n2)cc1. The van der Waals surface area contributed by atoms with Gasteiger partial charge in [0.1, 0.15) is 0 Å². The molecule has 0 saturated heterocycles. The molecule has 4 heterocycles. The van der Waals surface area contributed by atoms with Crippen molar-refractivity contribution in [1.29, 1.82) is 0 Å². The molecule has 0 unspecified atom stereocenters. The molecule has 10 aromatic rings. The van der Waals surface area contributed by atoms with E-state index < -0.39 is 16.1 Å². The molecule has 4 nitrogen and oxygen atoms in total. The Hall–Kier alpha value is -5.83. The summed E-state index contributed by atoms with van der Waals surface area (Å²) in [5, 5.41) is 10.3. The minimum absolute atomic E-state index is 0.674. The molecule has 10 rings (SSSR count). The fourth-order valence-electron chi connectivity index (χ4n) is 8.36. The van der Waals surface area contributed by atoms with E-state index in [1.54, 1.807) is 0 Å². The van der Waals surface area contributed by atoms with E-state index in [4.69, 9.17) is 9.97 Å². The molecule has 6 heteroatoms. The molecular weight excluding hydrogens is 689 g/mol. The van der Waals surface area contributed by atoms with Gasteiger partial charge in [-0.2, -0.15) is 0 Å². The second kappa shape index (κ2) is 11.8. The molecule has 6 aromatic carbocycles. The van der Waals surface area contributed by atoms with Gasteiger partial charge in [0, 0.05) is 38.1 Å². The van der Waals surface area contributed by atoms with Crippen molar-refractivity contribution in [2.24, 2.45) is 0 Å². The first kappa shape index (κ1) is 32.8. The number of pyridine rings is 1. The highest BCUT2D eigenvalue weighted by Gasteiger charge is 2.23. The van der Waals surface area contributed by atoms with E-state index in [9.17, 15) is 0 Å². The van der Waals surface area contributed by atoms with Crippen molar-refractivity contribution in [3.05, 3.63) is 146 Å². The van der Waals surface area contributed by atoms with E-state index in [0.29, 0.717) is 5.95 Å². The topological polar surface area (TPSA) is 35.1 Å². The summed E-state index contributed by atoms with van der Waals surface area (Å²) in [6.07, 6.45) is 0. The van der Waals surface area contributed by atoms with Gasteiger partial charge in [0.15, 0.2) is 0 Å². The Balaban J connectivity index is 1.29. The maximum Gasteiger partial charge on any atom is 0.235 e. The zero-order chi connectivity index (χ0) is 36.9. The first-order chi connectivity index (χ1) is 26.0. The molecule has 0 N–H and O–H groups in total. The third-order valence-corrected chi connectivity index (χ3v) is 15.4. The predicted molar refractivity (Wildman–Crippen MR) is 237 cm³/mol. The van der Waals surface area contributed by atoms with Gasteiger partial charge in [-0.15, -0.1) is 0 Å². The Bertz CT molecular complexity index is 3030. The summed E-state index contributed by atoms with van der Waals surface area (Å²) in [5.41, 5.74) is 9.84. The summed E-state index contributed by atoms with van der Waals surface area (Å²) in [6.45, 7) is 14.4. The summed E-state index contributed by atoms with van der Waals surface area (Å²) in [5.74, 6) is 0.674. The Morgan fingerprint density at radius 2 is 0.926 bits per heavy atom. The van der Waals surface area contributed by atoms with Gasteiger partial charge in [-0.3, -0.25) is 4.57 Å². The Labute approximate surface area is 317 Å². The fraction of sp³-hybridized carbons (Fsp3) is 0.125. The lowest BCUT2D eigenvalue weighted by molar-refractivity contribution is 0.996. The standard InChI is InChI=1S/C48H42N4Si2/c1-53(2,3)34-24-19-31(20-25-34)40-30-41(32-21-26-35(27-22-32)54(4,5)6)50-48(49-40)52-43-18-12-10-16-39(43)46-44(52)28-23-33-29-45-38-15-8-7-13-36(38)37-14-9-11-17-42(37)51(45)47(33)46/h7-30H,1-6H3. The number of hydrogen-bond acceptors (Lipinski definition) is 2. The largest absolute Gasteiger partial charge is 0.308 e. The zero-order valence-corrected chi connectivity index (χ0v) is 33.6. The fourth-order valence-corrected chi connectivity index (χ4v) is 10.7. The molecule has 0 atom stereocenters. The van der Waals surface area contributed by atoms with Crippen LogP contribution in [0.3, 0.4) is 0 Å². The molecule has 0 amide bonds. The molecule has 262 valence electrons. The summed E-state index contributed by atoms with van der Waals surface area (Å²) in [4.78, 5) is 10.8. The zero-order valence-electron chi connectivity index (χ0n) is 31.6. The molecule has 0 aliphatic heterocycles. The van der Waals surface area contributed by atoms with Gasteiger partial charge in [0.25, 0.3) is 0 Å². The van der Waals surface area contributed by atoms with Gasteiger partial charge >= 0.3 is 0 Å². The molecule has 0 fully saturated rings. The van der Waals surface area contributed by atoms with Crippen molar-refractivity contribution >= 4 is 86.4 Å². The van der Waals surface area contributed by atoms with Gasteiger partial charge in [0.05, 0.1) is 55.1 Å². The van der Waals surface area contributed by atoms with Gasteiger partial charge in [-0.1, -0.05) is 165 Å². The Morgan fingerprint density at radius 3 is 1.50 bits per heavy atom. The number of nitrogens with zero attached hydrogens (tertiary/aromatic N) is 4. The highest BCUT2D eigenvalue weighted by Crippen LogP contribution is 2.41. The average Bonchev–Trinajstić information content (AvgIpc) is 3.74. The Morgan fingerprint density at radius 1 is 0.426 bits per heavy atom. The molecule has 0 aliphatic rings. The summed E-state index contributed by atoms with van der Waals surface area (Å²) in [7, 11) is -2.92. The first-order valence-corrected chi connectivity index (χ1v) is 25.9. The third-order valence-electron chi connectivity index (χ3n) is 11.2. The van der Waals surface area contributed by atoms with Gasteiger partial charge < -0.3 is 4.40 Å². The first-order valence-electron chi connectivity index (χ1n) is 18.9. The van der Waals surface area contributed by atoms with Crippen molar-refractivity contribution in [1.82, 2.24) is 18.9 Å². The van der Waals surface area contributed by atoms with Gasteiger partial charge in [-0.05, 0) is 35.7 Å². The number of aromatic nitrogens is 4. The molecule has 0 bridgehead atoms. The molecule has 0 spiro atoms. The normalized spacial score (nSPS) is 12.6. The summed E-state index contributed by atoms with van der Waals surface area (Å²) in [6, 6.07) is 53.6. The number of fused-ring (bicyclic) bond motifs is 12. The van der Waals surface area contributed by atoms with E-state index in [1.165, 1.54) is 59.2 Å². The lowest BCUT2D eigenvalue weighted by Gasteiger charge is -2.18. The van der Waals surface area contributed by atoms with Crippen molar-refractivity contribution in [2.75, 3.05) is 0 Å². The van der Waals surface area contributed by atoms with Crippen LogP contribution in [0.15, 0.2) is 146 Å². The van der Waals surface area contributed by atoms with Gasteiger partial charge in [-0.25, -0.2) is 9.97 Å². The Kier molecular flexibility index (Phi) is 7.19. The maximum absolute atomic E-state index is 5.40. The van der Waals surface area contributed by atoms with Crippen LogP contribution < -0.4 is 10.4 Å². The minimum atomic E-state index is -1.46. The monoisotopic (exact) mass is 730 g/mol. The van der Waals surface area contributed by atoms with Crippen LogP contribution in [0.4, 0.5) is 0 Å². The van der Waals surface area contributed by atoms with Crippen LogP contribution >= 0.6 is 0 Å². The van der Waals surface area contributed by atoms with Crippen molar-refractivity contribution < 1.29 is 0 Å². The van der Waals surface area contributed by atoms with E-state index >= 15 is 0 Å². The lowest BCUT2D eigenvalue weighted by atomic mass is 10.1. The van der Waals surface area contributed by atoms with Crippen LogP contribution in [0.5, 0.6) is 0 Å². The summed E-state index contributed by atoms with van der Waals surface area (Å²) >= 11 is 0. The van der Waals surface area contributed by atoms with Crippen LogP contribution in [0, 0.1) is 0 Å². The number of hydrogen-bond donors (Lipinski definition) is 0. The summed E-state index contributed by atoms with van der Waals surface area (Å²) < 4.78 is 4.77. The van der Waals surface area contributed by atoms with E-state index in [0.717, 1.165) is 33.5 Å². The molecule has 4 aromatic heterocycles. The molecular formula is C48H42N4Si2. The van der Waals surface area contributed by atoms with Crippen molar-refractivity contribution in [3.8, 4) is 28.5 Å².